The van der Waals surface area contributed by atoms with E-state index in [0.29, 0.717) is 11.5 Å². The Morgan fingerprint density at radius 3 is 2.77 bits per heavy atom. The Morgan fingerprint density at radius 2 is 2.09 bits per heavy atom. The lowest BCUT2D eigenvalue weighted by Gasteiger charge is -2.31. The van der Waals surface area contributed by atoms with Crippen molar-refractivity contribution in [3.05, 3.63) is 24.3 Å². The molecule has 0 aromatic rings. The maximum absolute atomic E-state index is 9.90. The van der Waals surface area contributed by atoms with Crippen molar-refractivity contribution in [1.29, 1.82) is 0 Å². The highest BCUT2D eigenvalue weighted by Crippen LogP contribution is 2.61. The molecule has 0 spiro atoms. The van der Waals surface area contributed by atoms with E-state index in [1.165, 1.54) is 24.8 Å². The Bertz CT molecular complexity index is 486. The van der Waals surface area contributed by atoms with Crippen molar-refractivity contribution < 1.29 is 9.84 Å². The molecule has 3 rings (SSSR count). The number of fused-ring (bicyclic) bond motifs is 2. The van der Waals surface area contributed by atoms with Gasteiger partial charge in [0.05, 0.1) is 17.3 Å². The largest absolute Gasteiger partial charge is 0.386 e. The van der Waals surface area contributed by atoms with Crippen LogP contribution in [0.3, 0.4) is 0 Å². The van der Waals surface area contributed by atoms with Crippen LogP contribution in [0, 0.1) is 17.3 Å². The molecule has 2 saturated carbocycles. The van der Waals surface area contributed by atoms with Gasteiger partial charge in [-0.15, -0.1) is 0 Å². The summed E-state index contributed by atoms with van der Waals surface area (Å²) in [5, 5.41) is 9.90. The van der Waals surface area contributed by atoms with E-state index in [1.807, 2.05) is 19.9 Å². The monoisotopic (exact) mass is 304 g/mol. The van der Waals surface area contributed by atoms with Gasteiger partial charge >= 0.3 is 0 Å². The first-order valence-electron chi connectivity index (χ1n) is 8.89. The standard InChI is InChI=1S/C20H32O2/c1-14-7-8-17-20(5,22-17)12-11-19(4,16-13-15(14)16)10-6-9-18(2,3)21/h6,9,15-17,21H,1,7-8,10-13H2,2-5H3/b9-6+/t15-,16+,17+,19+,20+/m1/s1. The fourth-order valence-electron chi connectivity index (χ4n) is 4.38. The molecule has 1 heterocycles. The smallest absolute Gasteiger partial charge is 0.0920 e. The molecule has 5 atom stereocenters. The van der Waals surface area contributed by atoms with Gasteiger partial charge in [0.15, 0.2) is 0 Å². The van der Waals surface area contributed by atoms with Gasteiger partial charge in [-0.05, 0) is 76.5 Å². The zero-order valence-corrected chi connectivity index (χ0v) is 14.7. The number of epoxide rings is 1. The molecular formula is C20H32O2. The van der Waals surface area contributed by atoms with Gasteiger partial charge < -0.3 is 9.84 Å². The maximum atomic E-state index is 9.90. The Balaban J connectivity index is 1.72. The van der Waals surface area contributed by atoms with Crippen molar-refractivity contribution in [1.82, 2.24) is 0 Å². The third-order valence-electron chi connectivity index (χ3n) is 6.28. The van der Waals surface area contributed by atoms with Crippen LogP contribution in [-0.2, 0) is 4.74 Å². The van der Waals surface area contributed by atoms with Crippen LogP contribution in [0.4, 0.5) is 0 Å². The predicted molar refractivity (Wildman–Crippen MR) is 90.6 cm³/mol. The minimum atomic E-state index is -0.713. The van der Waals surface area contributed by atoms with Gasteiger partial charge in [0, 0.05) is 0 Å². The molecule has 3 aliphatic rings. The van der Waals surface area contributed by atoms with Crippen LogP contribution >= 0.6 is 0 Å². The van der Waals surface area contributed by atoms with Crippen molar-refractivity contribution in [2.75, 3.05) is 0 Å². The Kier molecular flexibility index (Phi) is 3.85. The second kappa shape index (κ2) is 5.21. The van der Waals surface area contributed by atoms with E-state index in [9.17, 15) is 5.11 Å². The highest BCUT2D eigenvalue weighted by Gasteiger charge is 2.56. The lowest BCUT2D eigenvalue weighted by Crippen LogP contribution is -2.25. The molecule has 3 fully saturated rings. The first-order chi connectivity index (χ1) is 10.1. The van der Waals surface area contributed by atoms with Crippen molar-refractivity contribution in [3.8, 4) is 0 Å². The van der Waals surface area contributed by atoms with Gasteiger partial charge in [-0.1, -0.05) is 31.2 Å². The van der Waals surface area contributed by atoms with E-state index in [-0.39, 0.29) is 5.60 Å². The molecule has 0 unspecified atom stereocenters. The van der Waals surface area contributed by atoms with Gasteiger partial charge in [0.1, 0.15) is 0 Å². The maximum Gasteiger partial charge on any atom is 0.0920 e. The Morgan fingerprint density at radius 1 is 1.36 bits per heavy atom. The lowest BCUT2D eigenvalue weighted by molar-refractivity contribution is 0.131. The fourth-order valence-corrected chi connectivity index (χ4v) is 4.38. The van der Waals surface area contributed by atoms with Crippen LogP contribution in [0.15, 0.2) is 24.3 Å². The zero-order chi connectivity index (χ0) is 16.2. The average Bonchev–Trinajstić information content (AvgIpc) is 3.27. The number of aliphatic hydroxyl groups is 1. The highest BCUT2D eigenvalue weighted by atomic mass is 16.6. The molecule has 0 amide bonds. The second-order valence-electron chi connectivity index (χ2n) is 8.98. The number of hydrogen-bond donors (Lipinski definition) is 1. The summed E-state index contributed by atoms with van der Waals surface area (Å²) in [6.07, 6.45) is 11.6. The average molecular weight is 304 g/mol. The van der Waals surface area contributed by atoms with E-state index in [4.69, 9.17) is 4.74 Å². The summed E-state index contributed by atoms with van der Waals surface area (Å²) in [7, 11) is 0. The summed E-state index contributed by atoms with van der Waals surface area (Å²) >= 11 is 0. The van der Waals surface area contributed by atoms with Gasteiger partial charge in [0.2, 0.25) is 0 Å². The second-order valence-corrected chi connectivity index (χ2v) is 8.98. The van der Waals surface area contributed by atoms with E-state index in [2.05, 4.69) is 26.5 Å². The summed E-state index contributed by atoms with van der Waals surface area (Å²) in [4.78, 5) is 0. The van der Waals surface area contributed by atoms with E-state index < -0.39 is 5.60 Å². The third kappa shape index (κ3) is 3.33. The number of rotatable bonds is 3. The van der Waals surface area contributed by atoms with Crippen LogP contribution in [0.1, 0.15) is 66.2 Å². The number of allylic oxidation sites excluding steroid dienone is 2. The molecule has 1 N–H and O–H groups in total. The molecule has 1 saturated heterocycles. The molecule has 2 aliphatic carbocycles. The minimum absolute atomic E-state index is 0.114. The van der Waals surface area contributed by atoms with Crippen LogP contribution in [0.25, 0.3) is 0 Å². The third-order valence-corrected chi connectivity index (χ3v) is 6.28. The first-order valence-corrected chi connectivity index (χ1v) is 8.89. The van der Waals surface area contributed by atoms with Crippen molar-refractivity contribution in [2.24, 2.45) is 17.3 Å². The Hall–Kier alpha value is -0.600. The summed E-state index contributed by atoms with van der Waals surface area (Å²) in [6.45, 7) is 12.7. The molecule has 0 aromatic heterocycles. The highest BCUT2D eigenvalue weighted by molar-refractivity contribution is 5.18. The molecule has 22 heavy (non-hydrogen) atoms. The van der Waals surface area contributed by atoms with Crippen molar-refractivity contribution in [3.63, 3.8) is 0 Å². The zero-order valence-electron chi connectivity index (χ0n) is 14.7. The molecule has 124 valence electrons. The molecule has 1 aliphatic heterocycles. The molecule has 2 nitrogen and oxygen atoms in total. The van der Waals surface area contributed by atoms with Crippen LogP contribution in [-0.4, -0.2) is 22.4 Å². The van der Waals surface area contributed by atoms with E-state index in [1.54, 1.807) is 0 Å². The quantitative estimate of drug-likeness (QED) is 0.609. The topological polar surface area (TPSA) is 32.8 Å². The SMILES string of the molecule is C=C1CC[C@@H]2O[C@@]2(C)CC[C@](C)(C/C=C/C(C)(C)O)[C@H]2C[C@H]12. The molecular weight excluding hydrogens is 272 g/mol. The number of ether oxygens (including phenoxy) is 1. The Labute approximate surface area is 135 Å². The summed E-state index contributed by atoms with van der Waals surface area (Å²) in [5.74, 6) is 1.49. The normalized spacial score (nSPS) is 45.3. The molecule has 0 aromatic carbocycles. The summed E-state index contributed by atoms with van der Waals surface area (Å²) in [6, 6.07) is 0. The van der Waals surface area contributed by atoms with Crippen LogP contribution < -0.4 is 0 Å². The van der Waals surface area contributed by atoms with E-state index in [0.717, 1.165) is 31.1 Å². The van der Waals surface area contributed by atoms with Crippen molar-refractivity contribution in [2.45, 2.75) is 83.5 Å². The summed E-state index contributed by atoms with van der Waals surface area (Å²) < 4.78 is 5.99. The van der Waals surface area contributed by atoms with Gasteiger partial charge in [-0.3, -0.25) is 0 Å². The van der Waals surface area contributed by atoms with Gasteiger partial charge in [-0.2, -0.15) is 0 Å². The first kappa shape index (κ1) is 16.3. The lowest BCUT2D eigenvalue weighted by atomic mass is 9.73. The van der Waals surface area contributed by atoms with Gasteiger partial charge in [0.25, 0.3) is 0 Å². The summed E-state index contributed by atoms with van der Waals surface area (Å²) in [5.41, 5.74) is 1.16. The van der Waals surface area contributed by atoms with Gasteiger partial charge in [-0.25, -0.2) is 0 Å². The van der Waals surface area contributed by atoms with Crippen molar-refractivity contribution >= 4 is 0 Å². The van der Waals surface area contributed by atoms with Crippen LogP contribution in [0.5, 0.6) is 0 Å². The van der Waals surface area contributed by atoms with E-state index >= 15 is 0 Å². The molecule has 2 heteroatoms. The predicted octanol–water partition coefficient (Wildman–Crippen LogP) is 4.63. The molecule has 0 radical (unpaired) electrons. The fraction of sp³-hybridized carbons (Fsp3) is 0.800. The number of hydrogen-bond acceptors (Lipinski definition) is 2. The minimum Gasteiger partial charge on any atom is -0.386 e. The molecule has 0 bridgehead atoms. The van der Waals surface area contributed by atoms with Crippen LogP contribution in [0.2, 0.25) is 0 Å².